The minimum absolute atomic E-state index is 0.0286. The van der Waals surface area contributed by atoms with Crippen molar-refractivity contribution in [2.24, 2.45) is 0 Å². The van der Waals surface area contributed by atoms with Gasteiger partial charge in [0.1, 0.15) is 6.61 Å². The minimum atomic E-state index is -4.36. The molecule has 0 saturated carbocycles. The molecule has 2 N–H and O–H groups in total. The van der Waals surface area contributed by atoms with Crippen LogP contribution in [0.1, 0.15) is 155 Å². The van der Waals surface area contributed by atoms with E-state index in [2.05, 4.69) is 92.1 Å². The van der Waals surface area contributed by atoms with Crippen LogP contribution in [0.5, 0.6) is 0 Å². The van der Waals surface area contributed by atoms with E-state index in [4.69, 9.17) is 18.5 Å². The Morgan fingerprint density at radius 2 is 1.06 bits per heavy atom. The smallest absolute Gasteiger partial charge is 0.462 e. The van der Waals surface area contributed by atoms with Crippen LogP contribution in [0.25, 0.3) is 0 Å². The van der Waals surface area contributed by atoms with Gasteiger partial charge in [-0.05, 0) is 90.5 Å². The molecular formula is C44H76NO8P. The molecule has 0 aliphatic carbocycles. The average Bonchev–Trinajstić information content (AvgIpc) is 3.15. The molecule has 0 rings (SSSR count). The van der Waals surface area contributed by atoms with Gasteiger partial charge in [-0.3, -0.25) is 18.6 Å². The van der Waals surface area contributed by atoms with Gasteiger partial charge in [-0.25, -0.2) is 4.57 Å². The molecule has 0 radical (unpaired) electrons. The average molecular weight is 778 g/mol. The van der Waals surface area contributed by atoms with Gasteiger partial charge in [-0.1, -0.05) is 132 Å². The number of unbranched alkanes of at least 4 members (excludes halogenated alkanes) is 12. The van der Waals surface area contributed by atoms with Gasteiger partial charge in [0, 0.05) is 19.4 Å². The molecule has 0 aliphatic rings. The summed E-state index contributed by atoms with van der Waals surface area (Å²) in [5.74, 6) is -0.862. The number of ether oxygens (including phenoxy) is 2. The van der Waals surface area contributed by atoms with Crippen molar-refractivity contribution in [1.29, 1.82) is 0 Å². The van der Waals surface area contributed by atoms with Gasteiger partial charge in [-0.15, -0.1) is 0 Å². The number of carbonyl (C=O) groups excluding carboxylic acids is 2. The molecule has 9 nitrogen and oxygen atoms in total. The number of hydrogen-bond donors (Lipinski definition) is 2. The van der Waals surface area contributed by atoms with Crippen LogP contribution in [-0.4, -0.2) is 56.3 Å². The van der Waals surface area contributed by atoms with Crippen molar-refractivity contribution in [3.63, 3.8) is 0 Å². The molecule has 0 aromatic rings. The second kappa shape index (κ2) is 40.1. The molecule has 2 unspecified atom stereocenters. The largest absolute Gasteiger partial charge is 0.472 e. The van der Waals surface area contributed by atoms with Crippen LogP contribution in [0.4, 0.5) is 0 Å². The lowest BCUT2D eigenvalue weighted by atomic mass is 10.1. The van der Waals surface area contributed by atoms with Gasteiger partial charge in [0.2, 0.25) is 0 Å². The molecule has 0 aromatic heterocycles. The highest BCUT2D eigenvalue weighted by molar-refractivity contribution is 7.47. The van der Waals surface area contributed by atoms with Crippen LogP contribution >= 0.6 is 7.82 Å². The Bertz CT molecular complexity index is 1110. The van der Waals surface area contributed by atoms with E-state index < -0.39 is 32.5 Å². The number of phosphoric acid groups is 1. The van der Waals surface area contributed by atoms with Crippen molar-refractivity contribution in [3.8, 4) is 0 Å². The Morgan fingerprint density at radius 1 is 0.593 bits per heavy atom. The van der Waals surface area contributed by atoms with Crippen LogP contribution < -0.4 is 5.32 Å². The van der Waals surface area contributed by atoms with Crippen LogP contribution in [0.15, 0.2) is 72.9 Å². The molecule has 0 bridgehead atoms. The van der Waals surface area contributed by atoms with Crippen molar-refractivity contribution in [2.45, 2.75) is 161 Å². The highest BCUT2D eigenvalue weighted by Crippen LogP contribution is 2.43. The van der Waals surface area contributed by atoms with Crippen LogP contribution in [0, 0.1) is 0 Å². The second-order valence-electron chi connectivity index (χ2n) is 13.4. The number of phosphoric ester groups is 1. The lowest BCUT2D eigenvalue weighted by molar-refractivity contribution is -0.161. The van der Waals surface area contributed by atoms with Gasteiger partial charge in [0.05, 0.1) is 13.2 Å². The highest BCUT2D eigenvalue weighted by atomic mass is 31.2. The Labute approximate surface area is 329 Å². The summed E-state index contributed by atoms with van der Waals surface area (Å²) in [4.78, 5) is 35.0. The second-order valence-corrected chi connectivity index (χ2v) is 14.9. The van der Waals surface area contributed by atoms with E-state index in [1.54, 1.807) is 7.05 Å². The number of carbonyl (C=O) groups is 2. The van der Waals surface area contributed by atoms with Gasteiger partial charge >= 0.3 is 19.8 Å². The predicted molar refractivity (Wildman–Crippen MR) is 224 cm³/mol. The lowest BCUT2D eigenvalue weighted by Crippen LogP contribution is -2.29. The molecule has 310 valence electrons. The molecule has 2 atom stereocenters. The van der Waals surface area contributed by atoms with Crippen LogP contribution in [0.2, 0.25) is 0 Å². The zero-order chi connectivity index (χ0) is 39.6. The first-order chi connectivity index (χ1) is 26.3. The van der Waals surface area contributed by atoms with E-state index >= 15 is 0 Å². The topological polar surface area (TPSA) is 120 Å². The zero-order valence-corrected chi connectivity index (χ0v) is 35.0. The molecule has 0 aromatic carbocycles. The first kappa shape index (κ1) is 51.5. The molecule has 0 fully saturated rings. The van der Waals surface area contributed by atoms with Gasteiger partial charge in [0.15, 0.2) is 6.10 Å². The number of nitrogens with one attached hydrogen (secondary N) is 1. The van der Waals surface area contributed by atoms with E-state index in [0.29, 0.717) is 13.0 Å². The van der Waals surface area contributed by atoms with Crippen LogP contribution in [0.3, 0.4) is 0 Å². The summed E-state index contributed by atoms with van der Waals surface area (Å²) in [5.41, 5.74) is 0. The van der Waals surface area contributed by atoms with E-state index in [1.807, 2.05) is 0 Å². The van der Waals surface area contributed by atoms with Crippen molar-refractivity contribution in [1.82, 2.24) is 5.32 Å². The van der Waals surface area contributed by atoms with Gasteiger partial charge < -0.3 is 19.7 Å². The van der Waals surface area contributed by atoms with Gasteiger partial charge in [-0.2, -0.15) is 0 Å². The first-order valence-electron chi connectivity index (χ1n) is 20.9. The van der Waals surface area contributed by atoms with Crippen LogP contribution in [-0.2, 0) is 32.7 Å². The van der Waals surface area contributed by atoms with Crippen molar-refractivity contribution < 1.29 is 37.6 Å². The first-order valence-corrected chi connectivity index (χ1v) is 22.4. The summed E-state index contributed by atoms with van der Waals surface area (Å²) >= 11 is 0. The number of rotatable bonds is 38. The fraction of sp³-hybridized carbons (Fsp3) is 0.682. The maximum Gasteiger partial charge on any atom is 0.472 e. The van der Waals surface area contributed by atoms with E-state index in [-0.39, 0.29) is 26.1 Å². The fourth-order valence-corrected chi connectivity index (χ4v) is 5.91. The summed E-state index contributed by atoms with van der Waals surface area (Å²) in [6, 6.07) is 0. The Morgan fingerprint density at radius 3 is 1.61 bits per heavy atom. The molecule has 0 amide bonds. The Kier molecular flexibility index (Phi) is 38.2. The van der Waals surface area contributed by atoms with Crippen molar-refractivity contribution in [3.05, 3.63) is 72.9 Å². The number of esters is 2. The number of likely N-dealkylation sites (N-methyl/N-ethyl adjacent to an activating group) is 1. The maximum atomic E-state index is 12.6. The van der Waals surface area contributed by atoms with E-state index in [1.165, 1.54) is 32.1 Å². The number of hydrogen-bond acceptors (Lipinski definition) is 8. The zero-order valence-electron chi connectivity index (χ0n) is 34.1. The Hall–Kier alpha value is -2.55. The SMILES string of the molecule is CC/C=C\C/C=C\C/C=C\C/C=C\C/C=C\CCCCCC(=O)OC(COC(=O)CCCCCCC/C=C\CCCCCC)COP(=O)(O)OCCNC. The van der Waals surface area contributed by atoms with E-state index in [0.717, 1.165) is 89.9 Å². The summed E-state index contributed by atoms with van der Waals surface area (Å²) in [6.07, 6.45) is 46.6. The standard InChI is InChI=1S/C44H76NO8P/c1-4-6-8-10-12-14-16-18-19-20-21-22-23-25-27-29-31-33-35-37-44(47)53-42(41-52-54(48,49)51-39-38-45-3)40-50-43(46)36-34-32-30-28-26-24-17-15-13-11-9-7-5-2/h6,8,12,14-15,17-19,21-22,25,27,42,45H,4-5,7,9-11,13,16,20,23-24,26,28-41H2,1-3H3,(H,48,49)/b8-6-,14-12-,17-15-,19-18-,22-21-,27-25-. The third-order valence-electron chi connectivity index (χ3n) is 8.31. The maximum absolute atomic E-state index is 12.6. The van der Waals surface area contributed by atoms with Gasteiger partial charge in [0.25, 0.3) is 0 Å². The molecule has 10 heteroatoms. The quantitative estimate of drug-likeness (QED) is 0.0273. The molecular weight excluding hydrogens is 701 g/mol. The number of allylic oxidation sites excluding steroid dienone is 12. The van der Waals surface area contributed by atoms with Crippen molar-refractivity contribution >= 4 is 19.8 Å². The third kappa shape index (κ3) is 39.2. The molecule has 0 saturated heterocycles. The lowest BCUT2D eigenvalue weighted by Gasteiger charge is -2.20. The fourth-order valence-electron chi connectivity index (χ4n) is 5.16. The monoisotopic (exact) mass is 778 g/mol. The summed E-state index contributed by atoms with van der Waals surface area (Å²) in [5, 5.41) is 2.81. The Balaban J connectivity index is 4.34. The third-order valence-corrected chi connectivity index (χ3v) is 9.29. The minimum Gasteiger partial charge on any atom is -0.462 e. The summed E-state index contributed by atoms with van der Waals surface area (Å²) in [7, 11) is -2.67. The molecule has 0 spiro atoms. The summed E-state index contributed by atoms with van der Waals surface area (Å²) < 4.78 is 33.1. The van der Waals surface area contributed by atoms with Crippen molar-refractivity contribution in [2.75, 3.05) is 33.4 Å². The highest BCUT2D eigenvalue weighted by Gasteiger charge is 2.26. The predicted octanol–water partition coefficient (Wildman–Crippen LogP) is 11.8. The molecule has 54 heavy (non-hydrogen) atoms. The summed E-state index contributed by atoms with van der Waals surface area (Å²) in [6.45, 7) is 4.02. The van der Waals surface area contributed by atoms with E-state index in [9.17, 15) is 19.0 Å². The molecule has 0 heterocycles. The normalized spacial score (nSPS) is 14.1. The molecule has 0 aliphatic heterocycles.